The minimum absolute atomic E-state index is 0.242. The molecule has 17 unspecified atom stereocenters. The molecule has 19 heteroatoms. The standard InChI is InChI=1S/C72H131NO18/c1-3-5-7-9-11-13-14-15-16-17-18-19-20-21-22-23-24-25-26-27-28-29-30-31-32-33-34-35-36-37-38-39-40-42-44-46-48-50-60(78)73-55(56(77)49-47-45-43-41-12-10-8-6-4-2)54-86-70-66(84)63(81)68(58(52-75)88-70)91-72-67(85)64(82)69(59(53-76)89-72)90-71-65(83)62(80)61(79)57(51-74)87-71/h5,7,11,13,15-16,18-19,55-59,61-72,74-77,79-85H,3-4,6,8-10,12,14,17,20-54H2,1-2H3,(H,73,78)/b7-5-,13-11-,16-15-,19-18-. The number of aliphatic hydroxyl groups excluding tert-OH is 11. The molecule has 3 aliphatic heterocycles. The van der Waals surface area contributed by atoms with Gasteiger partial charge in [-0.15, -0.1) is 0 Å². The number of allylic oxidation sites excluding steroid dienone is 8. The second-order valence-corrected chi connectivity index (χ2v) is 26.0. The van der Waals surface area contributed by atoms with E-state index in [4.69, 9.17) is 28.4 Å². The van der Waals surface area contributed by atoms with Gasteiger partial charge in [-0.25, -0.2) is 0 Å². The summed E-state index contributed by atoms with van der Waals surface area (Å²) in [6.45, 7) is 1.66. The van der Waals surface area contributed by atoms with Crippen LogP contribution in [0.15, 0.2) is 48.6 Å². The van der Waals surface area contributed by atoms with E-state index < -0.39 is 124 Å². The molecule has 12 N–H and O–H groups in total. The summed E-state index contributed by atoms with van der Waals surface area (Å²) in [6.07, 6.45) is 38.3. The fourth-order valence-corrected chi connectivity index (χ4v) is 12.3. The van der Waals surface area contributed by atoms with Gasteiger partial charge < -0.3 is 89.9 Å². The van der Waals surface area contributed by atoms with Crippen molar-refractivity contribution < 1.29 is 89.4 Å². The number of carbonyl (C=O) groups excluding carboxylic acids is 1. The number of hydrogen-bond acceptors (Lipinski definition) is 18. The predicted octanol–water partition coefficient (Wildman–Crippen LogP) is 10.2. The summed E-state index contributed by atoms with van der Waals surface area (Å²) >= 11 is 0. The minimum Gasteiger partial charge on any atom is -0.394 e. The number of hydrogen-bond donors (Lipinski definition) is 12. The number of nitrogens with one attached hydrogen (secondary N) is 1. The van der Waals surface area contributed by atoms with E-state index in [9.17, 15) is 61.0 Å². The van der Waals surface area contributed by atoms with E-state index >= 15 is 0 Å². The molecule has 0 saturated carbocycles. The molecule has 3 aliphatic rings. The third-order valence-electron chi connectivity index (χ3n) is 18.2. The average Bonchev–Trinajstić information content (AvgIpc) is 0.826. The maximum Gasteiger partial charge on any atom is 0.220 e. The van der Waals surface area contributed by atoms with Gasteiger partial charge in [-0.3, -0.25) is 4.79 Å². The molecule has 0 radical (unpaired) electrons. The SMILES string of the molecule is CC/C=C\C/C=C\C/C=C\C/C=C\CCCCCCCCCCCCCCCCCCCCCCCCCCC(=O)NC(COC1OC(CO)C(OC2OC(CO)C(OC3OC(CO)C(O)C(O)C3O)C(O)C2O)C(O)C1O)C(O)CCCCCCCCCCC. The predicted molar refractivity (Wildman–Crippen MR) is 356 cm³/mol. The Kier molecular flexibility index (Phi) is 49.1. The summed E-state index contributed by atoms with van der Waals surface area (Å²) in [5.41, 5.74) is 0. The number of unbranched alkanes of at least 4 members (excludes halogenated alkanes) is 32. The number of rotatable bonds is 56. The molecule has 3 heterocycles. The van der Waals surface area contributed by atoms with Crippen LogP contribution in [-0.2, 0) is 33.2 Å². The van der Waals surface area contributed by atoms with Gasteiger partial charge in [0.15, 0.2) is 18.9 Å². The highest BCUT2D eigenvalue weighted by Crippen LogP contribution is 2.33. The van der Waals surface area contributed by atoms with Crippen LogP contribution in [0.1, 0.15) is 271 Å². The van der Waals surface area contributed by atoms with Crippen molar-refractivity contribution in [3.05, 3.63) is 48.6 Å². The van der Waals surface area contributed by atoms with E-state index in [0.29, 0.717) is 12.8 Å². The maximum absolute atomic E-state index is 13.4. The lowest BCUT2D eigenvalue weighted by atomic mass is 9.96. The fourth-order valence-electron chi connectivity index (χ4n) is 12.3. The smallest absolute Gasteiger partial charge is 0.220 e. The molecule has 0 aromatic heterocycles. The van der Waals surface area contributed by atoms with Crippen molar-refractivity contribution in [3.63, 3.8) is 0 Å². The number of ether oxygens (including phenoxy) is 6. The van der Waals surface area contributed by atoms with Gasteiger partial charge in [-0.05, 0) is 51.4 Å². The normalized spacial score (nSPS) is 28.1. The van der Waals surface area contributed by atoms with Crippen molar-refractivity contribution in [2.24, 2.45) is 0 Å². The van der Waals surface area contributed by atoms with Crippen LogP contribution in [0, 0.1) is 0 Å². The molecule has 532 valence electrons. The monoisotopic (exact) mass is 1300 g/mol. The van der Waals surface area contributed by atoms with Crippen molar-refractivity contribution in [2.45, 2.75) is 375 Å². The lowest BCUT2D eigenvalue weighted by Crippen LogP contribution is -2.66. The van der Waals surface area contributed by atoms with Crippen LogP contribution < -0.4 is 5.32 Å². The molecule has 0 aromatic carbocycles. The Morgan fingerprint density at radius 2 is 0.758 bits per heavy atom. The third kappa shape index (κ3) is 35.5. The summed E-state index contributed by atoms with van der Waals surface area (Å²) in [4.78, 5) is 13.4. The first-order valence-electron chi connectivity index (χ1n) is 36.4. The molecule has 3 fully saturated rings. The highest BCUT2D eigenvalue weighted by atomic mass is 16.8. The van der Waals surface area contributed by atoms with Crippen LogP contribution in [-0.4, -0.2) is 193 Å². The summed E-state index contributed by atoms with van der Waals surface area (Å²) in [6, 6.07) is -0.883. The molecule has 3 saturated heterocycles. The van der Waals surface area contributed by atoms with Gasteiger partial charge in [0.1, 0.15) is 73.2 Å². The van der Waals surface area contributed by atoms with E-state index in [-0.39, 0.29) is 18.9 Å². The average molecular weight is 1300 g/mol. The van der Waals surface area contributed by atoms with Crippen molar-refractivity contribution in [1.82, 2.24) is 5.32 Å². The van der Waals surface area contributed by atoms with Gasteiger partial charge in [0.25, 0.3) is 0 Å². The van der Waals surface area contributed by atoms with Crippen molar-refractivity contribution >= 4 is 5.91 Å². The molecule has 0 spiro atoms. The molecule has 17 atom stereocenters. The number of amides is 1. The van der Waals surface area contributed by atoms with Crippen molar-refractivity contribution in [3.8, 4) is 0 Å². The Labute approximate surface area is 548 Å². The van der Waals surface area contributed by atoms with Gasteiger partial charge in [0, 0.05) is 6.42 Å². The second-order valence-electron chi connectivity index (χ2n) is 26.0. The summed E-state index contributed by atoms with van der Waals surface area (Å²) in [5.74, 6) is -0.242. The topological polar surface area (TPSA) is 307 Å². The zero-order valence-electron chi connectivity index (χ0n) is 56.3. The molecule has 1 amide bonds. The Morgan fingerprint density at radius 3 is 1.19 bits per heavy atom. The Hall–Kier alpha value is -2.25. The zero-order chi connectivity index (χ0) is 66.1. The fraction of sp³-hybridized carbons (Fsp3) is 0.875. The van der Waals surface area contributed by atoms with Crippen molar-refractivity contribution in [2.75, 3.05) is 26.4 Å². The van der Waals surface area contributed by atoms with Gasteiger partial charge >= 0.3 is 0 Å². The van der Waals surface area contributed by atoms with Gasteiger partial charge in [0.05, 0.1) is 38.6 Å². The van der Waals surface area contributed by atoms with Gasteiger partial charge in [-0.2, -0.15) is 0 Å². The Morgan fingerprint density at radius 1 is 0.407 bits per heavy atom. The van der Waals surface area contributed by atoms with E-state index in [0.717, 1.165) is 70.6 Å². The molecule has 0 aromatic rings. The third-order valence-corrected chi connectivity index (χ3v) is 18.2. The lowest BCUT2D eigenvalue weighted by molar-refractivity contribution is -0.379. The molecule has 3 rings (SSSR count). The van der Waals surface area contributed by atoms with Crippen LogP contribution in [0.5, 0.6) is 0 Å². The molecular weight excluding hydrogens is 1170 g/mol. The second kappa shape index (κ2) is 53.8. The van der Waals surface area contributed by atoms with E-state index in [1.807, 2.05) is 0 Å². The molecular formula is C72H131NO18. The number of carbonyl (C=O) groups is 1. The van der Waals surface area contributed by atoms with E-state index in [2.05, 4.69) is 67.8 Å². The highest BCUT2D eigenvalue weighted by Gasteiger charge is 2.53. The van der Waals surface area contributed by atoms with Crippen LogP contribution in [0.3, 0.4) is 0 Å². The van der Waals surface area contributed by atoms with E-state index in [1.165, 1.54) is 167 Å². The molecule has 0 aliphatic carbocycles. The van der Waals surface area contributed by atoms with Crippen LogP contribution in [0.4, 0.5) is 0 Å². The summed E-state index contributed by atoms with van der Waals surface area (Å²) in [7, 11) is 0. The largest absolute Gasteiger partial charge is 0.394 e. The van der Waals surface area contributed by atoms with Crippen LogP contribution in [0.25, 0.3) is 0 Å². The quantitative estimate of drug-likeness (QED) is 0.0199. The van der Waals surface area contributed by atoms with Gasteiger partial charge in [-0.1, -0.05) is 262 Å². The van der Waals surface area contributed by atoms with Gasteiger partial charge in [0.2, 0.25) is 5.91 Å². The Balaban J connectivity index is 1.27. The first-order chi connectivity index (χ1) is 44.3. The molecule has 19 nitrogen and oxygen atoms in total. The van der Waals surface area contributed by atoms with Crippen LogP contribution in [0.2, 0.25) is 0 Å². The first-order valence-corrected chi connectivity index (χ1v) is 36.4. The maximum atomic E-state index is 13.4. The van der Waals surface area contributed by atoms with Crippen molar-refractivity contribution in [1.29, 1.82) is 0 Å². The Bertz CT molecular complexity index is 1840. The minimum atomic E-state index is -1.97. The summed E-state index contributed by atoms with van der Waals surface area (Å²) in [5, 5.41) is 120. The highest BCUT2D eigenvalue weighted by molar-refractivity contribution is 5.76. The molecule has 0 bridgehead atoms. The first kappa shape index (κ1) is 83.0. The molecule has 91 heavy (non-hydrogen) atoms. The number of aliphatic hydroxyl groups is 11. The zero-order valence-corrected chi connectivity index (χ0v) is 56.3. The summed E-state index contributed by atoms with van der Waals surface area (Å²) < 4.78 is 34.3. The lowest BCUT2D eigenvalue weighted by Gasteiger charge is -2.48. The van der Waals surface area contributed by atoms with E-state index in [1.54, 1.807) is 0 Å². The van der Waals surface area contributed by atoms with Crippen LogP contribution >= 0.6 is 0 Å².